The van der Waals surface area contributed by atoms with E-state index in [1.54, 1.807) is 4.68 Å². The van der Waals surface area contributed by atoms with E-state index in [2.05, 4.69) is 32.8 Å². The third kappa shape index (κ3) is 2.92. The van der Waals surface area contributed by atoms with Crippen LogP contribution in [-0.4, -0.2) is 32.7 Å². The minimum absolute atomic E-state index is 0.0850. The van der Waals surface area contributed by atoms with Crippen molar-refractivity contribution < 1.29 is 4.79 Å². The number of carbonyl (C=O) groups is 1. The molecule has 102 valence electrons. The molecule has 4 heteroatoms. The summed E-state index contributed by atoms with van der Waals surface area (Å²) < 4.78 is 1.68. The summed E-state index contributed by atoms with van der Waals surface area (Å²) in [6, 6.07) is 2.37. The molecule has 0 saturated heterocycles. The van der Waals surface area contributed by atoms with E-state index in [1.165, 1.54) is 0 Å². The Bertz CT molecular complexity index is 401. The SMILES string of the molecule is CCC(C)N(C(=O)c1cc(C)nn1C)C(C)CC. The fourth-order valence-corrected chi connectivity index (χ4v) is 2.17. The zero-order valence-electron chi connectivity index (χ0n) is 12.4. The van der Waals surface area contributed by atoms with Gasteiger partial charge in [0.15, 0.2) is 0 Å². The largest absolute Gasteiger partial charge is 0.332 e. The number of aromatic nitrogens is 2. The molecule has 0 saturated carbocycles. The van der Waals surface area contributed by atoms with E-state index >= 15 is 0 Å². The lowest BCUT2D eigenvalue weighted by atomic mass is 10.1. The van der Waals surface area contributed by atoms with Crippen molar-refractivity contribution in [3.63, 3.8) is 0 Å². The van der Waals surface area contributed by atoms with Crippen molar-refractivity contribution in [1.29, 1.82) is 0 Å². The molecule has 0 N–H and O–H groups in total. The molecule has 18 heavy (non-hydrogen) atoms. The molecule has 0 aliphatic carbocycles. The van der Waals surface area contributed by atoms with E-state index in [4.69, 9.17) is 0 Å². The standard InChI is InChI=1S/C14H25N3O/c1-7-11(4)17(12(5)8-2)14(18)13-9-10(3)15-16(13)6/h9,11-12H,7-8H2,1-6H3. The lowest BCUT2D eigenvalue weighted by molar-refractivity contribution is 0.0587. The maximum absolute atomic E-state index is 12.6. The van der Waals surface area contributed by atoms with Crippen molar-refractivity contribution in [3.8, 4) is 0 Å². The molecule has 1 rings (SSSR count). The van der Waals surface area contributed by atoms with Gasteiger partial charge in [0.05, 0.1) is 5.69 Å². The van der Waals surface area contributed by atoms with E-state index in [9.17, 15) is 4.79 Å². The quantitative estimate of drug-likeness (QED) is 0.807. The normalized spacial score (nSPS) is 14.3. The van der Waals surface area contributed by atoms with E-state index in [0.29, 0.717) is 5.69 Å². The molecule has 1 aromatic heterocycles. The monoisotopic (exact) mass is 251 g/mol. The number of hydrogen-bond acceptors (Lipinski definition) is 2. The van der Waals surface area contributed by atoms with Crippen molar-refractivity contribution >= 4 is 5.91 Å². The molecule has 0 bridgehead atoms. The fourth-order valence-electron chi connectivity index (χ4n) is 2.17. The van der Waals surface area contributed by atoms with E-state index in [1.807, 2.05) is 24.9 Å². The third-order valence-corrected chi connectivity index (χ3v) is 3.59. The van der Waals surface area contributed by atoms with Crippen molar-refractivity contribution in [2.75, 3.05) is 0 Å². The maximum Gasteiger partial charge on any atom is 0.272 e. The van der Waals surface area contributed by atoms with Gasteiger partial charge in [-0.1, -0.05) is 13.8 Å². The molecule has 0 aliphatic heterocycles. The van der Waals surface area contributed by atoms with Gasteiger partial charge in [0, 0.05) is 19.1 Å². The first-order chi connectivity index (χ1) is 8.42. The van der Waals surface area contributed by atoms with Gasteiger partial charge in [0.2, 0.25) is 0 Å². The summed E-state index contributed by atoms with van der Waals surface area (Å²) in [6.07, 6.45) is 1.93. The second kappa shape index (κ2) is 6.03. The van der Waals surface area contributed by atoms with Gasteiger partial charge in [-0.25, -0.2) is 0 Å². The van der Waals surface area contributed by atoms with Crippen molar-refractivity contribution in [2.24, 2.45) is 7.05 Å². The van der Waals surface area contributed by atoms with Gasteiger partial charge in [-0.15, -0.1) is 0 Å². The second-order valence-corrected chi connectivity index (χ2v) is 5.02. The molecule has 0 aliphatic rings. The van der Waals surface area contributed by atoms with Crippen LogP contribution in [0.4, 0.5) is 0 Å². The third-order valence-electron chi connectivity index (χ3n) is 3.59. The number of rotatable bonds is 5. The van der Waals surface area contributed by atoms with Gasteiger partial charge < -0.3 is 4.90 Å². The first-order valence-electron chi connectivity index (χ1n) is 6.75. The molecule has 1 amide bonds. The lowest BCUT2D eigenvalue weighted by Gasteiger charge is -2.33. The first-order valence-corrected chi connectivity index (χ1v) is 6.75. The Balaban J connectivity index is 3.06. The highest BCUT2D eigenvalue weighted by Gasteiger charge is 2.26. The van der Waals surface area contributed by atoms with Crippen molar-refractivity contribution in [3.05, 3.63) is 17.5 Å². The van der Waals surface area contributed by atoms with Crippen LogP contribution in [0.3, 0.4) is 0 Å². The lowest BCUT2D eigenvalue weighted by Crippen LogP contribution is -2.44. The molecular weight excluding hydrogens is 226 g/mol. The maximum atomic E-state index is 12.6. The molecule has 2 unspecified atom stereocenters. The second-order valence-electron chi connectivity index (χ2n) is 5.02. The van der Waals surface area contributed by atoms with Crippen LogP contribution in [0.5, 0.6) is 0 Å². The molecular formula is C14H25N3O. The van der Waals surface area contributed by atoms with Gasteiger partial charge in [-0.05, 0) is 39.7 Å². The average molecular weight is 251 g/mol. The van der Waals surface area contributed by atoms with Crippen LogP contribution < -0.4 is 0 Å². The Morgan fingerprint density at radius 2 is 1.83 bits per heavy atom. The van der Waals surface area contributed by atoms with Gasteiger partial charge >= 0.3 is 0 Å². The molecule has 2 atom stereocenters. The number of carbonyl (C=O) groups excluding carboxylic acids is 1. The predicted molar refractivity (Wildman–Crippen MR) is 73.6 cm³/mol. The van der Waals surface area contributed by atoms with Crippen LogP contribution in [0.2, 0.25) is 0 Å². The van der Waals surface area contributed by atoms with Crippen molar-refractivity contribution in [1.82, 2.24) is 14.7 Å². The molecule has 4 nitrogen and oxygen atoms in total. The number of nitrogens with zero attached hydrogens (tertiary/aromatic N) is 3. The molecule has 0 radical (unpaired) electrons. The van der Waals surface area contributed by atoms with Crippen LogP contribution in [0.15, 0.2) is 6.07 Å². The number of aryl methyl sites for hydroxylation is 2. The fraction of sp³-hybridized carbons (Fsp3) is 0.714. The Hall–Kier alpha value is -1.32. The van der Waals surface area contributed by atoms with Crippen LogP contribution in [-0.2, 0) is 7.05 Å². The Morgan fingerprint density at radius 1 is 1.33 bits per heavy atom. The van der Waals surface area contributed by atoms with Crippen LogP contribution in [0.25, 0.3) is 0 Å². The van der Waals surface area contributed by atoms with Crippen LogP contribution in [0.1, 0.15) is 56.7 Å². The minimum Gasteiger partial charge on any atom is -0.332 e. The molecule has 0 spiro atoms. The predicted octanol–water partition coefficient (Wildman–Crippen LogP) is 2.77. The molecule has 0 aromatic carbocycles. The number of amides is 1. The van der Waals surface area contributed by atoms with Gasteiger partial charge in [-0.2, -0.15) is 5.10 Å². The Labute approximate surface area is 110 Å². The van der Waals surface area contributed by atoms with Gasteiger partial charge in [-0.3, -0.25) is 9.48 Å². The molecule has 1 aromatic rings. The van der Waals surface area contributed by atoms with Gasteiger partial charge in [0.25, 0.3) is 5.91 Å². The van der Waals surface area contributed by atoms with Crippen LogP contribution >= 0.6 is 0 Å². The highest BCUT2D eigenvalue weighted by Crippen LogP contribution is 2.16. The Kier molecular flexibility index (Phi) is 4.93. The summed E-state index contributed by atoms with van der Waals surface area (Å²) in [5.74, 6) is 0.0850. The average Bonchev–Trinajstić information content (AvgIpc) is 2.67. The summed E-state index contributed by atoms with van der Waals surface area (Å²) in [4.78, 5) is 14.6. The zero-order chi connectivity index (χ0) is 13.9. The molecule has 0 fully saturated rings. The van der Waals surface area contributed by atoms with Crippen LogP contribution in [0, 0.1) is 6.92 Å². The number of hydrogen-bond donors (Lipinski definition) is 0. The summed E-state index contributed by atoms with van der Waals surface area (Å²) in [5.41, 5.74) is 1.56. The highest BCUT2D eigenvalue weighted by atomic mass is 16.2. The molecule has 1 heterocycles. The van der Waals surface area contributed by atoms with E-state index < -0.39 is 0 Å². The van der Waals surface area contributed by atoms with Gasteiger partial charge in [0.1, 0.15) is 5.69 Å². The minimum atomic E-state index is 0.0850. The topological polar surface area (TPSA) is 38.1 Å². The summed E-state index contributed by atoms with van der Waals surface area (Å²) in [6.45, 7) is 10.3. The summed E-state index contributed by atoms with van der Waals surface area (Å²) in [5, 5.41) is 4.25. The smallest absolute Gasteiger partial charge is 0.272 e. The Morgan fingerprint density at radius 3 is 2.17 bits per heavy atom. The zero-order valence-corrected chi connectivity index (χ0v) is 12.4. The first kappa shape index (κ1) is 14.7. The summed E-state index contributed by atoms with van der Waals surface area (Å²) in [7, 11) is 1.83. The van der Waals surface area contributed by atoms with E-state index in [-0.39, 0.29) is 18.0 Å². The highest BCUT2D eigenvalue weighted by molar-refractivity contribution is 5.93. The van der Waals surface area contributed by atoms with Crippen molar-refractivity contribution in [2.45, 2.75) is 59.5 Å². The van der Waals surface area contributed by atoms with E-state index in [0.717, 1.165) is 18.5 Å². The summed E-state index contributed by atoms with van der Waals surface area (Å²) >= 11 is 0.